The lowest BCUT2D eigenvalue weighted by Gasteiger charge is -2.01. The molecule has 2 heterocycles. The molecule has 0 fully saturated rings. The van der Waals surface area contributed by atoms with Gasteiger partial charge in [0.15, 0.2) is 0 Å². The molecular weight excluding hydrogens is 344 g/mol. The highest BCUT2D eigenvalue weighted by Crippen LogP contribution is 2.30. The average Bonchev–Trinajstić information content (AvgIpc) is 3.28. The lowest BCUT2D eigenvalue weighted by molar-refractivity contribution is 1.37. The fraction of sp³-hybridized carbons (Fsp3) is 0.0476. The minimum atomic E-state index is 0.614. The standard InChI is InChI=1S/C21H14N2S2/c1-14-8-9-24-20(14)11-18(12-22)21-23-19(13-25-21)17-7-6-15-4-2-3-5-16(15)10-17/h2-11,13H,1H3. The van der Waals surface area contributed by atoms with E-state index >= 15 is 0 Å². The second kappa shape index (κ2) is 6.64. The molecule has 0 atom stereocenters. The first kappa shape index (κ1) is 15.8. The second-order valence-electron chi connectivity index (χ2n) is 5.74. The van der Waals surface area contributed by atoms with Gasteiger partial charge in [-0.15, -0.1) is 22.7 Å². The molecule has 4 rings (SSSR count). The summed E-state index contributed by atoms with van der Waals surface area (Å²) in [5, 5.41) is 16.8. The van der Waals surface area contributed by atoms with E-state index in [0.717, 1.165) is 21.1 Å². The minimum absolute atomic E-state index is 0.614. The van der Waals surface area contributed by atoms with Gasteiger partial charge in [-0.1, -0.05) is 36.4 Å². The third-order valence-corrected chi connectivity index (χ3v) is 5.92. The number of nitriles is 1. The minimum Gasteiger partial charge on any atom is -0.235 e. The molecule has 4 heteroatoms. The van der Waals surface area contributed by atoms with Gasteiger partial charge in [0.1, 0.15) is 11.1 Å². The van der Waals surface area contributed by atoms with E-state index in [9.17, 15) is 5.26 Å². The van der Waals surface area contributed by atoms with E-state index in [1.54, 1.807) is 11.3 Å². The van der Waals surface area contributed by atoms with E-state index in [1.807, 2.05) is 29.0 Å². The molecule has 4 aromatic rings. The Morgan fingerprint density at radius 3 is 2.68 bits per heavy atom. The fourth-order valence-corrected chi connectivity index (χ4v) is 4.34. The van der Waals surface area contributed by atoms with Gasteiger partial charge in [-0.05, 0) is 46.8 Å². The third-order valence-electron chi connectivity index (χ3n) is 4.08. The molecule has 2 aromatic carbocycles. The fourth-order valence-electron chi connectivity index (χ4n) is 2.68. The Bertz CT molecular complexity index is 1130. The predicted molar refractivity (Wildman–Crippen MR) is 108 cm³/mol. The molecule has 0 radical (unpaired) electrons. The van der Waals surface area contributed by atoms with Gasteiger partial charge in [0.05, 0.1) is 11.3 Å². The van der Waals surface area contributed by atoms with E-state index in [4.69, 9.17) is 4.98 Å². The van der Waals surface area contributed by atoms with Crippen LogP contribution in [0.5, 0.6) is 0 Å². The Hall–Kier alpha value is -2.74. The van der Waals surface area contributed by atoms with Crippen molar-refractivity contribution in [2.24, 2.45) is 0 Å². The van der Waals surface area contributed by atoms with Crippen LogP contribution in [0.15, 0.2) is 59.3 Å². The first-order valence-electron chi connectivity index (χ1n) is 7.85. The Morgan fingerprint density at radius 2 is 1.92 bits per heavy atom. The molecule has 0 saturated heterocycles. The first-order valence-corrected chi connectivity index (χ1v) is 9.61. The topological polar surface area (TPSA) is 36.7 Å². The molecule has 0 aliphatic carbocycles. The number of nitrogens with zero attached hydrogens (tertiary/aromatic N) is 2. The summed E-state index contributed by atoms with van der Waals surface area (Å²) < 4.78 is 0. The van der Waals surface area contributed by atoms with Gasteiger partial charge in [-0.2, -0.15) is 5.26 Å². The summed E-state index contributed by atoms with van der Waals surface area (Å²) in [4.78, 5) is 5.81. The molecule has 120 valence electrons. The summed E-state index contributed by atoms with van der Waals surface area (Å²) in [5.74, 6) is 0. The van der Waals surface area contributed by atoms with Crippen LogP contribution in [0.3, 0.4) is 0 Å². The van der Waals surface area contributed by atoms with Gasteiger partial charge >= 0.3 is 0 Å². The predicted octanol–water partition coefficient (Wildman–Crippen LogP) is 6.40. The maximum absolute atomic E-state index is 9.54. The number of hydrogen-bond acceptors (Lipinski definition) is 4. The molecule has 0 unspecified atom stereocenters. The SMILES string of the molecule is Cc1ccsc1C=C(C#N)c1nc(-c2ccc3ccccc3c2)cs1. The monoisotopic (exact) mass is 358 g/mol. The summed E-state index contributed by atoms with van der Waals surface area (Å²) in [7, 11) is 0. The number of aromatic nitrogens is 1. The molecule has 0 aliphatic heterocycles. The number of thiazole rings is 1. The van der Waals surface area contributed by atoms with Gasteiger partial charge in [0.2, 0.25) is 0 Å². The van der Waals surface area contributed by atoms with Crippen molar-refractivity contribution in [2.45, 2.75) is 6.92 Å². The van der Waals surface area contributed by atoms with Crippen molar-refractivity contribution in [3.63, 3.8) is 0 Å². The summed E-state index contributed by atoms with van der Waals surface area (Å²) in [5.41, 5.74) is 3.78. The number of hydrogen-bond donors (Lipinski definition) is 0. The van der Waals surface area contributed by atoms with Gasteiger partial charge < -0.3 is 0 Å². The van der Waals surface area contributed by atoms with Crippen molar-refractivity contribution in [3.8, 4) is 17.3 Å². The van der Waals surface area contributed by atoms with Crippen LogP contribution < -0.4 is 0 Å². The van der Waals surface area contributed by atoms with Crippen LogP contribution in [-0.2, 0) is 0 Å². The zero-order valence-electron chi connectivity index (χ0n) is 13.6. The number of benzene rings is 2. The van der Waals surface area contributed by atoms with Crippen molar-refractivity contribution < 1.29 is 0 Å². The molecule has 2 nitrogen and oxygen atoms in total. The number of allylic oxidation sites excluding steroid dienone is 1. The summed E-state index contributed by atoms with van der Waals surface area (Å²) in [6, 6.07) is 19.0. The van der Waals surface area contributed by atoms with Crippen molar-refractivity contribution in [1.82, 2.24) is 4.98 Å². The van der Waals surface area contributed by atoms with Crippen LogP contribution in [0.4, 0.5) is 0 Å². The largest absolute Gasteiger partial charge is 0.235 e. The van der Waals surface area contributed by atoms with Crippen LogP contribution in [0, 0.1) is 18.3 Å². The molecule has 0 amide bonds. The summed E-state index contributed by atoms with van der Waals surface area (Å²) in [6.45, 7) is 2.06. The lowest BCUT2D eigenvalue weighted by atomic mass is 10.1. The maximum Gasteiger partial charge on any atom is 0.134 e. The molecule has 0 N–H and O–H groups in total. The van der Waals surface area contributed by atoms with Crippen LogP contribution in [-0.4, -0.2) is 4.98 Å². The van der Waals surface area contributed by atoms with Gasteiger partial charge in [0.25, 0.3) is 0 Å². The number of thiophene rings is 1. The normalized spacial score (nSPS) is 11.6. The Kier molecular flexibility index (Phi) is 4.19. The average molecular weight is 358 g/mol. The van der Waals surface area contributed by atoms with E-state index in [0.29, 0.717) is 5.57 Å². The van der Waals surface area contributed by atoms with Crippen molar-refractivity contribution in [3.05, 3.63) is 74.7 Å². The maximum atomic E-state index is 9.54. The van der Waals surface area contributed by atoms with Crippen LogP contribution >= 0.6 is 22.7 Å². The van der Waals surface area contributed by atoms with E-state index < -0.39 is 0 Å². The van der Waals surface area contributed by atoms with E-state index in [2.05, 4.69) is 49.4 Å². The summed E-state index contributed by atoms with van der Waals surface area (Å²) >= 11 is 3.15. The quantitative estimate of drug-likeness (QED) is 0.397. The Morgan fingerprint density at radius 1 is 1.08 bits per heavy atom. The van der Waals surface area contributed by atoms with E-state index in [1.165, 1.54) is 27.7 Å². The van der Waals surface area contributed by atoms with Gasteiger partial charge in [-0.3, -0.25) is 0 Å². The van der Waals surface area contributed by atoms with E-state index in [-0.39, 0.29) is 0 Å². The second-order valence-corrected chi connectivity index (χ2v) is 7.54. The number of aryl methyl sites for hydroxylation is 1. The molecular formula is C21H14N2S2. The molecule has 25 heavy (non-hydrogen) atoms. The zero-order valence-corrected chi connectivity index (χ0v) is 15.2. The summed E-state index contributed by atoms with van der Waals surface area (Å²) in [6.07, 6.45) is 1.93. The molecule has 0 bridgehead atoms. The Labute approximate surface area is 154 Å². The molecule has 0 saturated carbocycles. The molecule has 0 spiro atoms. The zero-order chi connectivity index (χ0) is 17.2. The smallest absolute Gasteiger partial charge is 0.134 e. The number of fused-ring (bicyclic) bond motifs is 1. The van der Waals surface area contributed by atoms with Crippen molar-refractivity contribution >= 4 is 45.1 Å². The highest BCUT2D eigenvalue weighted by atomic mass is 32.1. The third kappa shape index (κ3) is 3.12. The van der Waals surface area contributed by atoms with Gasteiger partial charge in [-0.25, -0.2) is 4.98 Å². The van der Waals surface area contributed by atoms with Crippen molar-refractivity contribution in [1.29, 1.82) is 5.26 Å². The van der Waals surface area contributed by atoms with Crippen LogP contribution in [0.1, 0.15) is 15.4 Å². The Balaban J connectivity index is 1.72. The first-order chi connectivity index (χ1) is 12.2. The number of rotatable bonds is 3. The highest BCUT2D eigenvalue weighted by Gasteiger charge is 2.10. The van der Waals surface area contributed by atoms with Crippen LogP contribution in [0.25, 0.3) is 33.7 Å². The molecule has 2 aromatic heterocycles. The lowest BCUT2D eigenvalue weighted by Crippen LogP contribution is -1.83. The van der Waals surface area contributed by atoms with Crippen molar-refractivity contribution in [2.75, 3.05) is 0 Å². The highest BCUT2D eigenvalue weighted by molar-refractivity contribution is 7.12. The molecule has 0 aliphatic rings. The van der Waals surface area contributed by atoms with Gasteiger partial charge in [0, 0.05) is 15.8 Å². The van der Waals surface area contributed by atoms with Crippen LogP contribution in [0.2, 0.25) is 0 Å².